The highest BCUT2D eigenvalue weighted by Crippen LogP contribution is 2.23. The molecule has 0 heterocycles. The zero-order valence-corrected chi connectivity index (χ0v) is 13.4. The lowest BCUT2D eigenvalue weighted by atomic mass is 10.2. The monoisotopic (exact) mass is 330 g/mol. The van der Waals surface area contributed by atoms with Crippen LogP contribution in [-0.2, 0) is 14.3 Å². The molecular formula is C14H19ClN2O3S. The van der Waals surface area contributed by atoms with E-state index in [1.807, 2.05) is 0 Å². The Morgan fingerprint density at radius 3 is 2.81 bits per heavy atom. The van der Waals surface area contributed by atoms with Gasteiger partial charge in [-0.25, -0.2) is 0 Å². The first-order valence-electron chi connectivity index (χ1n) is 6.52. The predicted molar refractivity (Wildman–Crippen MR) is 87.7 cm³/mol. The molecule has 116 valence electrons. The summed E-state index contributed by atoms with van der Waals surface area (Å²) in [7, 11) is 1.37. The second-order valence-corrected chi connectivity index (χ2v) is 5.98. The van der Waals surface area contributed by atoms with Crippen LogP contribution in [0.25, 0.3) is 0 Å². The molecule has 3 N–H and O–H groups in total. The van der Waals surface area contributed by atoms with E-state index in [-0.39, 0.29) is 11.9 Å². The molecule has 0 unspecified atom stereocenters. The minimum atomic E-state index is -0.211. The number of carbonyl (C=O) groups excluding carboxylic acids is 2. The summed E-state index contributed by atoms with van der Waals surface area (Å²) in [6.45, 7) is 0. The quantitative estimate of drug-likeness (QED) is 0.435. The van der Waals surface area contributed by atoms with E-state index in [1.165, 1.54) is 7.11 Å². The smallest absolute Gasteiger partial charge is 0.306 e. The van der Waals surface area contributed by atoms with Gasteiger partial charge in [-0.2, -0.15) is 11.8 Å². The third-order valence-corrected chi connectivity index (χ3v) is 3.97. The maximum absolute atomic E-state index is 11.8. The molecule has 21 heavy (non-hydrogen) atoms. The highest BCUT2D eigenvalue weighted by molar-refractivity contribution is 7.99. The Hall–Kier alpha value is -1.40. The third kappa shape index (κ3) is 7.24. The molecule has 1 aromatic rings. The Morgan fingerprint density at radius 1 is 1.33 bits per heavy atom. The second-order valence-electron chi connectivity index (χ2n) is 4.32. The number of hydrogen-bond acceptors (Lipinski definition) is 5. The van der Waals surface area contributed by atoms with Crippen LogP contribution in [0.2, 0.25) is 5.02 Å². The molecule has 0 spiro atoms. The van der Waals surface area contributed by atoms with Crippen molar-refractivity contribution >= 4 is 46.6 Å². The first-order chi connectivity index (χ1) is 10.0. The number of halogens is 1. The van der Waals surface area contributed by atoms with Gasteiger partial charge in [0, 0.05) is 17.2 Å². The number of nitrogen functional groups attached to an aromatic ring is 1. The van der Waals surface area contributed by atoms with Crippen LogP contribution in [0.5, 0.6) is 0 Å². The number of carbonyl (C=O) groups is 2. The van der Waals surface area contributed by atoms with Crippen molar-refractivity contribution in [2.45, 2.75) is 19.3 Å². The van der Waals surface area contributed by atoms with Gasteiger partial charge in [0.25, 0.3) is 0 Å². The number of ether oxygens (including phenoxy) is 1. The van der Waals surface area contributed by atoms with Gasteiger partial charge in [0.2, 0.25) is 5.91 Å². The largest absolute Gasteiger partial charge is 0.469 e. The first kappa shape index (κ1) is 17.7. The van der Waals surface area contributed by atoms with E-state index < -0.39 is 0 Å². The summed E-state index contributed by atoms with van der Waals surface area (Å²) in [5.74, 6) is 1.21. The molecule has 0 saturated heterocycles. The lowest BCUT2D eigenvalue weighted by molar-refractivity contribution is -0.140. The molecular weight excluding hydrogens is 312 g/mol. The number of nitrogens with one attached hydrogen (secondary N) is 1. The number of amides is 1. The van der Waals surface area contributed by atoms with Crippen molar-refractivity contribution in [1.82, 2.24) is 0 Å². The van der Waals surface area contributed by atoms with Crippen LogP contribution in [0.1, 0.15) is 19.3 Å². The SMILES string of the molecule is COC(=O)CCSCCCC(=O)Nc1cc(Cl)ccc1N. The van der Waals surface area contributed by atoms with E-state index in [2.05, 4.69) is 10.1 Å². The number of benzene rings is 1. The molecule has 0 aliphatic carbocycles. The van der Waals surface area contributed by atoms with Crippen molar-refractivity contribution in [3.63, 3.8) is 0 Å². The Kier molecular flexibility index (Phi) is 8.00. The molecule has 1 amide bonds. The molecule has 0 aliphatic heterocycles. The minimum Gasteiger partial charge on any atom is -0.469 e. The van der Waals surface area contributed by atoms with E-state index in [4.69, 9.17) is 17.3 Å². The van der Waals surface area contributed by atoms with Gasteiger partial charge >= 0.3 is 5.97 Å². The third-order valence-electron chi connectivity index (χ3n) is 2.66. The molecule has 0 atom stereocenters. The fraction of sp³-hybridized carbons (Fsp3) is 0.429. The van der Waals surface area contributed by atoms with Crippen LogP contribution in [-0.4, -0.2) is 30.5 Å². The molecule has 5 nitrogen and oxygen atoms in total. The van der Waals surface area contributed by atoms with Crippen LogP contribution in [0.15, 0.2) is 18.2 Å². The fourth-order valence-electron chi connectivity index (χ4n) is 1.54. The lowest BCUT2D eigenvalue weighted by Gasteiger charge is -2.08. The van der Waals surface area contributed by atoms with Crippen LogP contribution < -0.4 is 11.1 Å². The van der Waals surface area contributed by atoms with E-state index in [1.54, 1.807) is 30.0 Å². The molecule has 0 saturated carbocycles. The molecule has 0 radical (unpaired) electrons. The van der Waals surface area contributed by atoms with E-state index in [9.17, 15) is 9.59 Å². The molecule has 0 fully saturated rings. The summed E-state index contributed by atoms with van der Waals surface area (Å²) < 4.78 is 4.54. The number of hydrogen-bond donors (Lipinski definition) is 2. The zero-order chi connectivity index (χ0) is 15.7. The van der Waals surface area contributed by atoms with E-state index in [0.717, 1.165) is 12.2 Å². The van der Waals surface area contributed by atoms with E-state index in [0.29, 0.717) is 35.0 Å². The van der Waals surface area contributed by atoms with E-state index >= 15 is 0 Å². The van der Waals surface area contributed by atoms with Gasteiger partial charge in [0.1, 0.15) is 0 Å². The summed E-state index contributed by atoms with van der Waals surface area (Å²) in [5.41, 5.74) is 6.77. The van der Waals surface area contributed by atoms with Crippen molar-refractivity contribution in [3.05, 3.63) is 23.2 Å². The standard InChI is InChI=1S/C14H19ClN2O3S/c1-20-14(19)6-8-21-7-2-3-13(18)17-12-9-10(15)4-5-11(12)16/h4-5,9H,2-3,6-8,16H2,1H3,(H,17,18). The van der Waals surface area contributed by atoms with Gasteiger partial charge in [-0.15, -0.1) is 0 Å². The molecule has 1 rings (SSSR count). The topological polar surface area (TPSA) is 81.4 Å². The van der Waals surface area contributed by atoms with Crippen LogP contribution >= 0.6 is 23.4 Å². The summed E-state index contributed by atoms with van der Waals surface area (Å²) in [6.07, 6.45) is 1.53. The van der Waals surface area contributed by atoms with Gasteiger partial charge in [-0.05, 0) is 30.4 Å². The lowest BCUT2D eigenvalue weighted by Crippen LogP contribution is -2.13. The van der Waals surface area contributed by atoms with Gasteiger partial charge in [0.05, 0.1) is 24.9 Å². The number of anilines is 2. The normalized spacial score (nSPS) is 10.2. The molecule has 0 aromatic heterocycles. The van der Waals surface area contributed by atoms with Crippen LogP contribution in [0.4, 0.5) is 11.4 Å². The first-order valence-corrected chi connectivity index (χ1v) is 8.05. The Bertz CT molecular complexity index is 497. The van der Waals surface area contributed by atoms with Gasteiger partial charge in [0.15, 0.2) is 0 Å². The average Bonchev–Trinajstić information content (AvgIpc) is 2.46. The van der Waals surface area contributed by atoms with Gasteiger partial charge in [-0.3, -0.25) is 9.59 Å². The highest BCUT2D eigenvalue weighted by atomic mass is 35.5. The van der Waals surface area contributed by atoms with Crippen molar-refractivity contribution < 1.29 is 14.3 Å². The van der Waals surface area contributed by atoms with Gasteiger partial charge < -0.3 is 15.8 Å². The molecule has 0 bridgehead atoms. The van der Waals surface area contributed by atoms with Crippen LogP contribution in [0, 0.1) is 0 Å². The number of nitrogens with two attached hydrogens (primary N) is 1. The summed E-state index contributed by atoms with van der Waals surface area (Å²) in [5, 5.41) is 3.26. The van der Waals surface area contributed by atoms with Crippen molar-refractivity contribution in [2.24, 2.45) is 0 Å². The summed E-state index contributed by atoms with van der Waals surface area (Å²) in [6, 6.07) is 4.95. The maximum atomic E-state index is 11.8. The Morgan fingerprint density at radius 2 is 2.10 bits per heavy atom. The minimum absolute atomic E-state index is 0.0995. The highest BCUT2D eigenvalue weighted by Gasteiger charge is 2.06. The van der Waals surface area contributed by atoms with Crippen molar-refractivity contribution in [2.75, 3.05) is 29.7 Å². The van der Waals surface area contributed by atoms with Crippen LogP contribution in [0.3, 0.4) is 0 Å². The summed E-state index contributed by atoms with van der Waals surface area (Å²) in [4.78, 5) is 22.7. The molecule has 7 heteroatoms. The molecule has 1 aromatic carbocycles. The number of thioether (sulfide) groups is 1. The summed E-state index contributed by atoms with van der Waals surface area (Å²) >= 11 is 7.48. The predicted octanol–water partition coefficient (Wildman–Crippen LogP) is 2.94. The molecule has 0 aliphatic rings. The Labute approximate surface area is 133 Å². The van der Waals surface area contributed by atoms with Gasteiger partial charge in [-0.1, -0.05) is 11.6 Å². The fourth-order valence-corrected chi connectivity index (χ4v) is 2.58. The van der Waals surface area contributed by atoms with Crippen molar-refractivity contribution in [3.8, 4) is 0 Å². The Balaban J connectivity index is 2.20. The number of methoxy groups -OCH3 is 1. The number of rotatable bonds is 8. The maximum Gasteiger partial charge on any atom is 0.306 e. The van der Waals surface area contributed by atoms with Crippen molar-refractivity contribution in [1.29, 1.82) is 0 Å². The average molecular weight is 331 g/mol. The second kappa shape index (κ2) is 9.52. The number of esters is 1. The zero-order valence-electron chi connectivity index (χ0n) is 11.9.